The number of fused-ring (bicyclic) bond motifs is 2. The van der Waals surface area contributed by atoms with Crippen LogP contribution in [0, 0.1) is 23.7 Å². The molecule has 2 aromatic rings. The van der Waals surface area contributed by atoms with Crippen molar-refractivity contribution in [2.75, 3.05) is 13.1 Å². The topological polar surface area (TPSA) is 126 Å². The average molecular weight is 574 g/mol. The third kappa shape index (κ3) is 5.49. The lowest BCUT2D eigenvalue weighted by Crippen LogP contribution is -2.47. The molecular weight excluding hydrogens is 535 g/mol. The SMILES string of the molecule is CC(C)N(CC1CC(Cc2nc3cc(C(F)(F)F)ccc3[nH]2)C1)C[C@H]1C[C@@H](N2C=CC3C(N)=NC=NC32)[C@H](O)[C@@H]1O. The molecule has 4 aliphatic rings. The van der Waals surface area contributed by atoms with Gasteiger partial charge in [-0.1, -0.05) is 6.08 Å². The smallest absolute Gasteiger partial charge is 0.390 e. The molecule has 222 valence electrons. The summed E-state index contributed by atoms with van der Waals surface area (Å²) in [6.07, 6.45) is 2.45. The molecule has 2 unspecified atom stereocenters. The largest absolute Gasteiger partial charge is 0.416 e. The molecule has 2 aliphatic heterocycles. The second kappa shape index (κ2) is 10.7. The zero-order valence-corrected chi connectivity index (χ0v) is 23.2. The average Bonchev–Trinajstić information content (AvgIpc) is 3.58. The van der Waals surface area contributed by atoms with Gasteiger partial charge in [-0.15, -0.1) is 0 Å². The summed E-state index contributed by atoms with van der Waals surface area (Å²) in [6, 6.07) is 3.66. The number of rotatable bonds is 8. The Balaban J connectivity index is 1.02. The van der Waals surface area contributed by atoms with Crippen LogP contribution in [0.15, 0.2) is 40.5 Å². The van der Waals surface area contributed by atoms with Gasteiger partial charge in [0.05, 0.1) is 34.7 Å². The van der Waals surface area contributed by atoms with Crippen molar-refractivity contribution >= 4 is 23.2 Å². The Morgan fingerprint density at radius 3 is 2.63 bits per heavy atom. The fraction of sp³-hybridized carbons (Fsp3) is 0.621. The van der Waals surface area contributed by atoms with Crippen molar-refractivity contribution in [2.45, 2.75) is 76.2 Å². The molecule has 5 N–H and O–H groups in total. The van der Waals surface area contributed by atoms with E-state index < -0.39 is 23.9 Å². The number of amidine groups is 1. The summed E-state index contributed by atoms with van der Waals surface area (Å²) >= 11 is 0. The van der Waals surface area contributed by atoms with Crippen molar-refractivity contribution in [2.24, 2.45) is 39.4 Å². The van der Waals surface area contributed by atoms with Crippen molar-refractivity contribution in [3.8, 4) is 0 Å². The normalized spacial score (nSPS) is 33.2. The van der Waals surface area contributed by atoms with Crippen LogP contribution in [0.2, 0.25) is 0 Å². The van der Waals surface area contributed by atoms with E-state index in [2.05, 4.69) is 38.7 Å². The molecule has 1 aromatic heterocycles. The lowest BCUT2D eigenvalue weighted by atomic mass is 9.72. The summed E-state index contributed by atoms with van der Waals surface area (Å²) in [5.74, 6) is 1.99. The Labute approximate surface area is 237 Å². The number of aliphatic hydroxyl groups excluding tert-OH is 2. The molecule has 2 fully saturated rings. The lowest BCUT2D eigenvalue weighted by molar-refractivity contribution is -0.137. The van der Waals surface area contributed by atoms with Crippen molar-refractivity contribution in [1.82, 2.24) is 19.8 Å². The fourth-order valence-corrected chi connectivity index (χ4v) is 7.05. The van der Waals surface area contributed by atoms with Gasteiger partial charge in [-0.3, -0.25) is 0 Å². The van der Waals surface area contributed by atoms with Crippen LogP contribution in [0.5, 0.6) is 0 Å². The number of aromatic nitrogens is 2. The van der Waals surface area contributed by atoms with Gasteiger partial charge in [0.1, 0.15) is 30.3 Å². The second-order valence-electron chi connectivity index (χ2n) is 12.5. The summed E-state index contributed by atoms with van der Waals surface area (Å²) in [5, 5.41) is 22.0. The van der Waals surface area contributed by atoms with Crippen LogP contribution in [0.1, 0.15) is 44.5 Å². The second-order valence-corrected chi connectivity index (χ2v) is 12.5. The van der Waals surface area contributed by atoms with Gasteiger partial charge in [0.25, 0.3) is 0 Å². The Morgan fingerprint density at radius 1 is 1.12 bits per heavy atom. The standard InChI is InChI=1S/C29H38F3N7O2/c1-15(2)38(13-18-10-23(26(41)25(18)40)39-6-5-20-27(33)34-14-35-28(20)39)12-17-7-16(8-17)9-24-36-21-4-3-19(29(30,31)32)11-22(21)37-24/h3-6,11,14-18,20,23,25-26,28,40-41H,7-10,12-13H2,1-2H3,(H,36,37)(H2,33,34,35)/t16?,17?,18-,20?,23-,25-,26+,28?/m1/s1. The van der Waals surface area contributed by atoms with Gasteiger partial charge in [0.15, 0.2) is 0 Å². The monoisotopic (exact) mass is 573 g/mol. The molecule has 0 bridgehead atoms. The number of aromatic amines is 1. The number of halogens is 3. The zero-order valence-electron chi connectivity index (χ0n) is 23.2. The Bertz CT molecular complexity index is 1350. The summed E-state index contributed by atoms with van der Waals surface area (Å²) in [7, 11) is 0. The lowest BCUT2D eigenvalue weighted by Gasteiger charge is -2.41. The van der Waals surface area contributed by atoms with Gasteiger partial charge in [-0.05, 0) is 69.3 Å². The van der Waals surface area contributed by atoms with Gasteiger partial charge in [-0.25, -0.2) is 15.0 Å². The van der Waals surface area contributed by atoms with Crippen LogP contribution in [0.4, 0.5) is 13.2 Å². The maximum atomic E-state index is 13.0. The minimum absolute atomic E-state index is 0.0727. The van der Waals surface area contributed by atoms with Crippen LogP contribution in [-0.2, 0) is 12.6 Å². The van der Waals surface area contributed by atoms with Crippen LogP contribution >= 0.6 is 0 Å². The van der Waals surface area contributed by atoms with E-state index in [1.807, 2.05) is 17.2 Å². The Hall–Kier alpha value is -2.96. The molecular formula is C29H38F3N7O2. The molecule has 0 amide bonds. The van der Waals surface area contributed by atoms with Gasteiger partial charge in [0, 0.05) is 31.5 Å². The number of benzene rings is 1. The molecule has 0 saturated heterocycles. The highest BCUT2D eigenvalue weighted by Crippen LogP contribution is 2.40. The van der Waals surface area contributed by atoms with Crippen LogP contribution in [0.3, 0.4) is 0 Å². The van der Waals surface area contributed by atoms with Gasteiger partial charge in [-0.2, -0.15) is 13.2 Å². The van der Waals surface area contributed by atoms with Gasteiger partial charge >= 0.3 is 6.18 Å². The molecule has 6 atom stereocenters. The zero-order chi connectivity index (χ0) is 29.1. The number of hydrogen-bond donors (Lipinski definition) is 4. The van der Waals surface area contributed by atoms with E-state index in [1.165, 1.54) is 12.4 Å². The van der Waals surface area contributed by atoms with E-state index in [4.69, 9.17) is 5.73 Å². The molecule has 9 nitrogen and oxygen atoms in total. The highest BCUT2D eigenvalue weighted by Gasteiger charge is 2.48. The van der Waals surface area contributed by atoms with E-state index in [0.717, 1.165) is 37.3 Å². The van der Waals surface area contributed by atoms with Crippen molar-refractivity contribution in [3.05, 3.63) is 41.9 Å². The first kappa shape index (κ1) is 28.2. The quantitative estimate of drug-likeness (QED) is 0.385. The third-order valence-electron chi connectivity index (χ3n) is 9.38. The minimum atomic E-state index is -4.38. The van der Waals surface area contributed by atoms with Crippen molar-refractivity contribution in [3.63, 3.8) is 0 Å². The van der Waals surface area contributed by atoms with Crippen LogP contribution < -0.4 is 5.73 Å². The molecule has 3 heterocycles. The van der Waals surface area contributed by atoms with Gasteiger partial charge < -0.3 is 30.7 Å². The third-order valence-corrected chi connectivity index (χ3v) is 9.38. The molecule has 1 aromatic carbocycles. The first-order valence-electron chi connectivity index (χ1n) is 14.4. The number of H-pyrrole nitrogens is 1. The maximum absolute atomic E-state index is 13.0. The van der Waals surface area contributed by atoms with Crippen molar-refractivity contribution in [1.29, 1.82) is 0 Å². The number of alkyl halides is 3. The summed E-state index contributed by atoms with van der Waals surface area (Å²) in [5.41, 5.74) is 6.33. The van der Waals surface area contributed by atoms with Crippen LogP contribution in [0.25, 0.3) is 11.0 Å². The Morgan fingerprint density at radius 2 is 1.90 bits per heavy atom. The van der Waals surface area contributed by atoms with Crippen molar-refractivity contribution < 1.29 is 23.4 Å². The molecule has 41 heavy (non-hydrogen) atoms. The molecule has 6 rings (SSSR count). The van der Waals surface area contributed by atoms with E-state index in [9.17, 15) is 23.4 Å². The summed E-state index contributed by atoms with van der Waals surface area (Å²) < 4.78 is 39.1. The van der Waals surface area contributed by atoms with Gasteiger partial charge in [0.2, 0.25) is 0 Å². The highest BCUT2D eigenvalue weighted by molar-refractivity contribution is 5.93. The number of nitrogens with one attached hydrogen (secondary N) is 1. The molecule has 2 aliphatic carbocycles. The number of nitrogens with two attached hydrogens (primary N) is 1. The van der Waals surface area contributed by atoms with Crippen LogP contribution in [-0.4, -0.2) is 85.7 Å². The summed E-state index contributed by atoms with van der Waals surface area (Å²) in [6.45, 7) is 5.90. The predicted molar refractivity (Wildman–Crippen MR) is 150 cm³/mol. The number of hydrogen-bond acceptors (Lipinski definition) is 8. The van der Waals surface area contributed by atoms with E-state index in [0.29, 0.717) is 48.1 Å². The fourth-order valence-electron chi connectivity index (χ4n) is 7.05. The highest BCUT2D eigenvalue weighted by atomic mass is 19.4. The number of aliphatic imine (C=N–C) groups is 2. The predicted octanol–water partition coefficient (Wildman–Crippen LogP) is 3.14. The summed E-state index contributed by atoms with van der Waals surface area (Å²) in [4.78, 5) is 20.6. The first-order chi connectivity index (χ1) is 19.5. The minimum Gasteiger partial charge on any atom is -0.390 e. The molecule has 0 spiro atoms. The maximum Gasteiger partial charge on any atom is 0.416 e. The first-order valence-corrected chi connectivity index (χ1v) is 14.4. The number of nitrogens with zero attached hydrogens (tertiary/aromatic N) is 5. The Kier molecular flexibility index (Phi) is 7.36. The van der Waals surface area contributed by atoms with E-state index in [-0.39, 0.29) is 30.1 Å². The molecule has 2 saturated carbocycles. The van der Waals surface area contributed by atoms with E-state index in [1.54, 1.807) is 0 Å². The van der Waals surface area contributed by atoms with E-state index >= 15 is 0 Å². The number of imidazole rings is 1. The molecule has 0 radical (unpaired) electrons. The molecule has 12 heteroatoms. The number of aliphatic hydroxyl groups is 2.